The number of phosphoric acid groups is 1. The molecule has 0 aliphatic rings. The van der Waals surface area contributed by atoms with Crippen LogP contribution in [0.1, 0.15) is 284 Å². The Morgan fingerprint density at radius 3 is 1.13 bits per heavy atom. The SMILES string of the molecule is CC/C=C\C/C=C\C/C=C\C/C=C\C/C=C\C/C=C\C/C=C\CCCCCCCCCCCCCCCC(=O)NC(COP(=O)([O-])OCC[N+](C)(C)C)C(O)/C=C/CC/C=C/CC/C=C/CCCCCCCCCCCCCCCCC. The van der Waals surface area contributed by atoms with E-state index in [0.29, 0.717) is 17.4 Å². The van der Waals surface area contributed by atoms with Gasteiger partial charge in [-0.15, -0.1) is 0 Å². The molecule has 0 fully saturated rings. The van der Waals surface area contributed by atoms with Crippen molar-refractivity contribution >= 4 is 13.7 Å². The molecule has 9 heteroatoms. The third kappa shape index (κ3) is 64.5. The number of unbranched alkanes of at least 4 members (excludes halogenated alkanes) is 30. The smallest absolute Gasteiger partial charge is 0.268 e. The number of rotatable bonds is 61. The van der Waals surface area contributed by atoms with Gasteiger partial charge in [0.1, 0.15) is 13.2 Å². The number of aliphatic hydroxyl groups is 1. The highest BCUT2D eigenvalue weighted by molar-refractivity contribution is 7.45. The van der Waals surface area contributed by atoms with Gasteiger partial charge in [-0.25, -0.2) is 0 Å². The second kappa shape index (κ2) is 62.4. The molecule has 0 rings (SSSR count). The predicted molar refractivity (Wildman–Crippen MR) is 357 cm³/mol. The van der Waals surface area contributed by atoms with Crippen LogP contribution in [0.3, 0.4) is 0 Å². The minimum absolute atomic E-state index is 0.0140. The lowest BCUT2D eigenvalue weighted by Gasteiger charge is -2.29. The van der Waals surface area contributed by atoms with Crippen LogP contribution >= 0.6 is 7.82 Å². The molecule has 3 atom stereocenters. The van der Waals surface area contributed by atoms with Crippen molar-refractivity contribution in [1.29, 1.82) is 0 Å². The van der Waals surface area contributed by atoms with Crippen molar-refractivity contribution in [2.24, 2.45) is 0 Å². The predicted octanol–water partition coefficient (Wildman–Crippen LogP) is 21.0. The first-order valence-corrected chi connectivity index (χ1v) is 35.4. The van der Waals surface area contributed by atoms with Gasteiger partial charge in [-0.1, -0.05) is 296 Å². The first kappa shape index (κ1) is 78.9. The van der Waals surface area contributed by atoms with Gasteiger partial charge in [0.05, 0.1) is 39.9 Å². The van der Waals surface area contributed by atoms with Gasteiger partial charge in [0.15, 0.2) is 0 Å². The van der Waals surface area contributed by atoms with Crippen LogP contribution < -0.4 is 10.2 Å². The summed E-state index contributed by atoms with van der Waals surface area (Å²) in [6.45, 7) is 4.52. The Morgan fingerprint density at radius 2 is 0.756 bits per heavy atom. The molecule has 0 saturated carbocycles. The van der Waals surface area contributed by atoms with Crippen molar-refractivity contribution in [1.82, 2.24) is 5.32 Å². The van der Waals surface area contributed by atoms with Crippen molar-refractivity contribution in [3.05, 3.63) is 122 Å². The maximum absolute atomic E-state index is 13.0. The number of allylic oxidation sites excluding steroid dienone is 19. The topological polar surface area (TPSA) is 108 Å². The maximum atomic E-state index is 13.0. The van der Waals surface area contributed by atoms with Crippen molar-refractivity contribution in [2.75, 3.05) is 40.9 Å². The third-order valence-corrected chi connectivity index (χ3v) is 15.6. The molecular formula is C73H129N2O6P. The van der Waals surface area contributed by atoms with Crippen LogP contribution in [-0.2, 0) is 18.4 Å². The summed E-state index contributed by atoms with van der Waals surface area (Å²) in [6, 6.07) is -0.919. The van der Waals surface area contributed by atoms with Crippen molar-refractivity contribution in [2.45, 2.75) is 296 Å². The minimum Gasteiger partial charge on any atom is -0.756 e. The molecule has 0 aliphatic heterocycles. The Kier molecular flexibility index (Phi) is 60.1. The van der Waals surface area contributed by atoms with Crippen molar-refractivity contribution in [3.8, 4) is 0 Å². The number of phosphoric ester groups is 1. The highest BCUT2D eigenvalue weighted by Crippen LogP contribution is 2.38. The molecule has 0 spiro atoms. The Bertz CT molecular complexity index is 1750. The summed E-state index contributed by atoms with van der Waals surface area (Å²) < 4.78 is 23.4. The fourth-order valence-corrected chi connectivity index (χ4v) is 10.1. The molecule has 82 heavy (non-hydrogen) atoms. The minimum atomic E-state index is -4.62. The van der Waals surface area contributed by atoms with Crippen LogP contribution in [0, 0.1) is 0 Å². The zero-order chi connectivity index (χ0) is 59.8. The van der Waals surface area contributed by atoms with E-state index in [1.54, 1.807) is 6.08 Å². The number of hydrogen-bond acceptors (Lipinski definition) is 6. The van der Waals surface area contributed by atoms with Crippen LogP contribution in [0.15, 0.2) is 122 Å². The molecule has 0 aromatic carbocycles. The molecule has 0 radical (unpaired) electrons. The van der Waals surface area contributed by atoms with Crippen molar-refractivity contribution in [3.63, 3.8) is 0 Å². The highest BCUT2D eigenvalue weighted by Gasteiger charge is 2.23. The summed E-state index contributed by atoms with van der Waals surface area (Å²) in [7, 11) is 1.23. The van der Waals surface area contributed by atoms with E-state index in [4.69, 9.17) is 9.05 Å². The molecular weight excluding hydrogens is 1030 g/mol. The number of carbonyl (C=O) groups is 1. The van der Waals surface area contributed by atoms with Gasteiger partial charge < -0.3 is 28.8 Å². The van der Waals surface area contributed by atoms with E-state index >= 15 is 0 Å². The van der Waals surface area contributed by atoms with E-state index in [2.05, 4.69) is 129 Å². The van der Waals surface area contributed by atoms with Crippen LogP contribution in [0.4, 0.5) is 0 Å². The number of likely N-dealkylation sites (N-methyl/N-ethyl adjacent to an activating group) is 1. The fourth-order valence-electron chi connectivity index (χ4n) is 9.40. The molecule has 1 amide bonds. The zero-order valence-corrected chi connectivity index (χ0v) is 54.8. The third-order valence-electron chi connectivity index (χ3n) is 14.6. The Hall–Kier alpha value is -3.10. The monoisotopic (exact) mass is 1160 g/mol. The maximum Gasteiger partial charge on any atom is 0.268 e. The second-order valence-corrected chi connectivity index (χ2v) is 25.2. The van der Waals surface area contributed by atoms with Gasteiger partial charge in [0.25, 0.3) is 7.82 Å². The Morgan fingerprint density at radius 1 is 0.439 bits per heavy atom. The summed E-state index contributed by atoms with van der Waals surface area (Å²) in [5.74, 6) is -0.215. The largest absolute Gasteiger partial charge is 0.756 e. The molecule has 472 valence electrons. The van der Waals surface area contributed by atoms with Gasteiger partial charge in [-0.05, 0) is 103 Å². The van der Waals surface area contributed by atoms with E-state index in [-0.39, 0.29) is 12.5 Å². The summed E-state index contributed by atoms with van der Waals surface area (Å²) in [4.78, 5) is 25.6. The van der Waals surface area contributed by atoms with Gasteiger partial charge >= 0.3 is 0 Å². The zero-order valence-electron chi connectivity index (χ0n) is 53.9. The number of nitrogens with zero attached hydrogens (tertiary/aromatic N) is 1. The standard InChI is InChI=1S/C73H129N2O6P/c1-6-8-10-12-14-16-18-20-22-24-26-28-30-32-33-34-35-36-37-38-39-40-41-43-45-47-49-51-53-55-57-59-61-63-65-67-73(77)74-71(70-81-82(78,79)80-69-68-75(3,4)5)72(76)66-64-62-60-58-56-54-52-50-48-46-44-42-31-29-27-25-23-21-19-17-15-13-11-9-7-2/h8,10,14,16,20,22,26,28,32-33,35-36,38-39,48,50,56,58,64,66,71-72,76H,6-7,9,11-13,15,17-19,21,23-25,27,29-31,34,37,40-47,49,51-55,57,59-63,65,67-70H2,1-5H3,(H-,74,77,78,79)/b10-8-,16-14-,22-20-,28-26-,33-32-,36-35-,39-38-,50-48+,58-56+,66-64+. The number of hydrogen-bond donors (Lipinski definition) is 2. The first-order valence-electron chi connectivity index (χ1n) is 33.9. The number of nitrogens with one attached hydrogen (secondary N) is 1. The van der Waals surface area contributed by atoms with Crippen LogP contribution in [0.2, 0.25) is 0 Å². The van der Waals surface area contributed by atoms with Gasteiger partial charge in [-0.3, -0.25) is 9.36 Å². The van der Waals surface area contributed by atoms with E-state index in [9.17, 15) is 19.4 Å². The lowest BCUT2D eigenvalue weighted by atomic mass is 10.0. The number of carbonyl (C=O) groups excluding carboxylic acids is 1. The van der Waals surface area contributed by atoms with E-state index in [1.165, 1.54) is 173 Å². The average molecular weight is 1160 g/mol. The van der Waals surface area contributed by atoms with Gasteiger partial charge in [-0.2, -0.15) is 0 Å². The molecule has 2 N–H and O–H groups in total. The quantitative estimate of drug-likeness (QED) is 0.0272. The van der Waals surface area contributed by atoms with Crippen LogP contribution in [0.25, 0.3) is 0 Å². The van der Waals surface area contributed by atoms with Crippen LogP contribution in [0.5, 0.6) is 0 Å². The summed E-state index contributed by atoms with van der Waals surface area (Å²) >= 11 is 0. The van der Waals surface area contributed by atoms with Crippen LogP contribution in [-0.4, -0.2) is 68.5 Å². The fraction of sp³-hybridized carbons (Fsp3) is 0.712. The molecule has 0 heterocycles. The molecule has 0 aliphatic carbocycles. The molecule has 0 aromatic rings. The average Bonchev–Trinajstić information content (AvgIpc) is 3.45. The molecule has 0 saturated heterocycles. The number of amides is 1. The lowest BCUT2D eigenvalue weighted by molar-refractivity contribution is -0.870. The van der Waals surface area contributed by atoms with Crippen molar-refractivity contribution < 1.29 is 32.9 Å². The Labute approximate surface area is 507 Å². The van der Waals surface area contributed by atoms with E-state index in [0.717, 1.165) is 89.9 Å². The number of quaternary nitrogens is 1. The van der Waals surface area contributed by atoms with E-state index < -0.39 is 26.6 Å². The molecule has 0 aromatic heterocycles. The second-order valence-electron chi connectivity index (χ2n) is 23.8. The Balaban J connectivity index is 4.17. The highest BCUT2D eigenvalue weighted by atomic mass is 31.2. The lowest BCUT2D eigenvalue weighted by Crippen LogP contribution is -2.45. The molecule has 8 nitrogen and oxygen atoms in total. The summed E-state index contributed by atoms with van der Waals surface area (Å²) in [5.41, 5.74) is 0. The van der Waals surface area contributed by atoms with Gasteiger partial charge in [0.2, 0.25) is 5.91 Å². The first-order chi connectivity index (χ1) is 40.0. The summed E-state index contributed by atoms with van der Waals surface area (Å²) in [6.07, 6.45) is 93.1. The van der Waals surface area contributed by atoms with E-state index in [1.807, 2.05) is 27.2 Å². The van der Waals surface area contributed by atoms with Gasteiger partial charge in [0, 0.05) is 6.42 Å². The normalized spacial score (nSPS) is 14.5. The molecule has 0 bridgehead atoms. The number of aliphatic hydroxyl groups excluding tert-OH is 1. The molecule has 3 unspecified atom stereocenters. The summed E-state index contributed by atoms with van der Waals surface area (Å²) in [5, 5.41) is 13.9.